The molecule has 0 spiro atoms. The van der Waals surface area contributed by atoms with E-state index in [1.54, 1.807) is 10.9 Å². The lowest BCUT2D eigenvalue weighted by Crippen LogP contribution is -2.46. The minimum atomic E-state index is 0.153. The number of fused-ring (bicyclic) bond motifs is 1. The molecule has 25 heavy (non-hydrogen) atoms. The van der Waals surface area contributed by atoms with E-state index >= 15 is 0 Å². The molecule has 7 heteroatoms. The topological polar surface area (TPSA) is 68.1 Å². The zero-order chi connectivity index (χ0) is 17.4. The maximum atomic E-state index is 5.83. The van der Waals surface area contributed by atoms with Crippen molar-refractivity contribution in [3.63, 3.8) is 0 Å². The van der Waals surface area contributed by atoms with Gasteiger partial charge >= 0.3 is 0 Å². The lowest BCUT2D eigenvalue weighted by Gasteiger charge is -2.35. The molecule has 1 aromatic carbocycles. The molecular formula is C18H22N6O. The lowest BCUT2D eigenvalue weighted by atomic mass is 10.2. The van der Waals surface area contributed by atoms with Gasteiger partial charge in [0, 0.05) is 25.8 Å². The Kier molecular flexibility index (Phi) is 4.01. The minimum Gasteiger partial charge on any atom is -0.372 e. The van der Waals surface area contributed by atoms with Gasteiger partial charge in [-0.3, -0.25) is 4.68 Å². The van der Waals surface area contributed by atoms with Crippen molar-refractivity contribution in [3.8, 4) is 0 Å². The molecule has 1 N–H and O–H groups in total. The fraction of sp³-hybridized carbons (Fsp3) is 0.389. The van der Waals surface area contributed by atoms with Crippen LogP contribution in [0.5, 0.6) is 0 Å². The summed E-state index contributed by atoms with van der Waals surface area (Å²) in [6.45, 7) is 5.71. The zero-order valence-electron chi connectivity index (χ0n) is 14.7. The van der Waals surface area contributed by atoms with E-state index in [1.165, 1.54) is 0 Å². The highest BCUT2D eigenvalue weighted by molar-refractivity contribution is 5.89. The maximum absolute atomic E-state index is 5.83. The fourth-order valence-electron chi connectivity index (χ4n) is 3.25. The number of para-hydroxylation sites is 1. The van der Waals surface area contributed by atoms with Crippen LogP contribution in [-0.4, -0.2) is 45.0 Å². The number of hydrogen-bond acceptors (Lipinski definition) is 6. The molecule has 3 aromatic rings. The molecule has 0 unspecified atom stereocenters. The van der Waals surface area contributed by atoms with Gasteiger partial charge in [-0.05, 0) is 26.0 Å². The van der Waals surface area contributed by atoms with Crippen molar-refractivity contribution >= 4 is 28.5 Å². The Morgan fingerprint density at radius 2 is 1.80 bits per heavy atom. The number of aromatic nitrogens is 4. The van der Waals surface area contributed by atoms with Crippen LogP contribution in [0, 0.1) is 0 Å². The first-order chi connectivity index (χ1) is 12.1. The summed E-state index contributed by atoms with van der Waals surface area (Å²) >= 11 is 0. The highest BCUT2D eigenvalue weighted by atomic mass is 16.5. The van der Waals surface area contributed by atoms with Gasteiger partial charge in [0.05, 0.1) is 23.8 Å². The van der Waals surface area contributed by atoms with E-state index in [2.05, 4.69) is 29.2 Å². The van der Waals surface area contributed by atoms with Crippen LogP contribution in [-0.2, 0) is 11.8 Å². The Hall–Kier alpha value is -2.67. The van der Waals surface area contributed by atoms with Gasteiger partial charge in [0.15, 0.2) is 5.65 Å². The molecule has 3 heterocycles. The lowest BCUT2D eigenvalue weighted by molar-refractivity contribution is -0.00569. The third kappa shape index (κ3) is 3.15. The van der Waals surface area contributed by atoms with E-state index in [1.807, 2.05) is 37.4 Å². The molecule has 0 saturated carbocycles. The molecule has 2 aromatic heterocycles. The Labute approximate surface area is 146 Å². The van der Waals surface area contributed by atoms with Crippen molar-refractivity contribution < 1.29 is 4.74 Å². The first kappa shape index (κ1) is 15.8. The highest BCUT2D eigenvalue weighted by Crippen LogP contribution is 2.27. The van der Waals surface area contributed by atoms with Gasteiger partial charge in [-0.15, -0.1) is 0 Å². The highest BCUT2D eigenvalue weighted by Gasteiger charge is 2.25. The molecule has 1 aliphatic rings. The molecule has 1 saturated heterocycles. The molecule has 0 amide bonds. The Morgan fingerprint density at radius 3 is 2.52 bits per heavy atom. The maximum Gasteiger partial charge on any atom is 0.229 e. The molecule has 7 nitrogen and oxygen atoms in total. The van der Waals surface area contributed by atoms with Crippen LogP contribution in [0.3, 0.4) is 0 Å². The van der Waals surface area contributed by atoms with Crippen molar-refractivity contribution in [1.29, 1.82) is 0 Å². The standard InChI is InChI=1S/C18H22N6O/c1-12-10-24(11-13(2)25-12)18-21-16(20-14-7-5-4-6-8-14)15-9-19-23(3)17(15)22-18/h4-9,12-13H,10-11H2,1-3H3,(H,20,21,22)/t12-,13+. The summed E-state index contributed by atoms with van der Waals surface area (Å²) in [4.78, 5) is 11.7. The molecule has 2 atom stereocenters. The van der Waals surface area contributed by atoms with Gasteiger partial charge in [-0.2, -0.15) is 15.1 Å². The molecule has 0 aliphatic carbocycles. The summed E-state index contributed by atoms with van der Waals surface area (Å²) < 4.78 is 7.61. The minimum absolute atomic E-state index is 0.153. The van der Waals surface area contributed by atoms with Gasteiger partial charge in [0.1, 0.15) is 5.82 Å². The average molecular weight is 338 g/mol. The van der Waals surface area contributed by atoms with Gasteiger partial charge in [0.2, 0.25) is 5.95 Å². The van der Waals surface area contributed by atoms with Crippen LogP contribution in [0.15, 0.2) is 36.5 Å². The number of benzene rings is 1. The molecule has 0 radical (unpaired) electrons. The van der Waals surface area contributed by atoms with Gasteiger partial charge in [-0.1, -0.05) is 18.2 Å². The Balaban J connectivity index is 1.76. The van der Waals surface area contributed by atoms with Crippen LogP contribution < -0.4 is 10.2 Å². The molecule has 0 bridgehead atoms. The zero-order valence-corrected chi connectivity index (χ0v) is 14.7. The number of anilines is 3. The summed E-state index contributed by atoms with van der Waals surface area (Å²) in [5, 5.41) is 8.65. The monoisotopic (exact) mass is 338 g/mol. The number of ether oxygens (including phenoxy) is 1. The van der Waals surface area contributed by atoms with E-state index in [0.29, 0.717) is 5.95 Å². The Bertz CT molecular complexity index is 868. The summed E-state index contributed by atoms with van der Waals surface area (Å²) in [6, 6.07) is 10.0. The number of rotatable bonds is 3. The molecular weight excluding hydrogens is 316 g/mol. The van der Waals surface area contributed by atoms with Crippen molar-refractivity contribution in [3.05, 3.63) is 36.5 Å². The average Bonchev–Trinajstić information content (AvgIpc) is 2.96. The number of hydrogen-bond donors (Lipinski definition) is 1. The normalized spacial score (nSPS) is 20.8. The Morgan fingerprint density at radius 1 is 1.08 bits per heavy atom. The SMILES string of the molecule is C[C@@H]1CN(c2nc(Nc3ccccc3)c3cnn(C)c3n2)C[C@H](C)O1. The second kappa shape index (κ2) is 6.33. The quantitative estimate of drug-likeness (QED) is 0.792. The number of nitrogens with zero attached hydrogens (tertiary/aromatic N) is 5. The van der Waals surface area contributed by atoms with Gasteiger partial charge in [-0.25, -0.2) is 0 Å². The summed E-state index contributed by atoms with van der Waals surface area (Å²) in [6.07, 6.45) is 2.11. The predicted molar refractivity (Wildman–Crippen MR) is 98.3 cm³/mol. The molecule has 130 valence electrons. The summed E-state index contributed by atoms with van der Waals surface area (Å²) in [5.74, 6) is 1.47. The molecule has 1 fully saturated rings. The van der Waals surface area contributed by atoms with Crippen molar-refractivity contribution in [2.45, 2.75) is 26.1 Å². The van der Waals surface area contributed by atoms with E-state index in [9.17, 15) is 0 Å². The first-order valence-electron chi connectivity index (χ1n) is 8.52. The predicted octanol–water partition coefficient (Wildman–Crippen LogP) is 2.72. The van der Waals surface area contributed by atoms with Crippen LogP contribution in [0.1, 0.15) is 13.8 Å². The van der Waals surface area contributed by atoms with E-state index in [4.69, 9.17) is 14.7 Å². The fourth-order valence-corrected chi connectivity index (χ4v) is 3.25. The van der Waals surface area contributed by atoms with Crippen LogP contribution in [0.2, 0.25) is 0 Å². The second-order valence-electron chi connectivity index (χ2n) is 6.53. The second-order valence-corrected chi connectivity index (χ2v) is 6.53. The van der Waals surface area contributed by atoms with Crippen molar-refractivity contribution in [2.75, 3.05) is 23.3 Å². The van der Waals surface area contributed by atoms with Gasteiger partial charge in [0.25, 0.3) is 0 Å². The smallest absolute Gasteiger partial charge is 0.229 e. The van der Waals surface area contributed by atoms with Crippen molar-refractivity contribution in [1.82, 2.24) is 19.7 Å². The van der Waals surface area contributed by atoms with E-state index < -0.39 is 0 Å². The molecule has 4 rings (SSSR count). The molecule has 1 aliphatic heterocycles. The number of aryl methyl sites for hydroxylation is 1. The van der Waals surface area contributed by atoms with E-state index in [0.717, 1.165) is 35.6 Å². The van der Waals surface area contributed by atoms with E-state index in [-0.39, 0.29) is 12.2 Å². The summed E-state index contributed by atoms with van der Waals surface area (Å²) in [7, 11) is 1.90. The third-order valence-corrected chi connectivity index (χ3v) is 4.32. The van der Waals surface area contributed by atoms with Crippen LogP contribution >= 0.6 is 0 Å². The largest absolute Gasteiger partial charge is 0.372 e. The third-order valence-electron chi connectivity index (χ3n) is 4.32. The van der Waals surface area contributed by atoms with Crippen LogP contribution in [0.25, 0.3) is 11.0 Å². The summed E-state index contributed by atoms with van der Waals surface area (Å²) in [5.41, 5.74) is 1.80. The number of nitrogens with one attached hydrogen (secondary N) is 1. The van der Waals surface area contributed by atoms with Crippen molar-refractivity contribution in [2.24, 2.45) is 7.05 Å². The number of morpholine rings is 1. The first-order valence-corrected chi connectivity index (χ1v) is 8.52. The van der Waals surface area contributed by atoms with Gasteiger partial charge < -0.3 is 15.0 Å². The van der Waals surface area contributed by atoms with Crippen LogP contribution in [0.4, 0.5) is 17.5 Å².